The molecule has 6 nitrogen and oxygen atoms in total. The number of hydrogen-bond donors (Lipinski definition) is 2. The smallest absolute Gasteiger partial charge is 0.289 e. The first kappa shape index (κ1) is 16.0. The van der Waals surface area contributed by atoms with Crippen LogP contribution in [-0.2, 0) is 4.79 Å². The van der Waals surface area contributed by atoms with Crippen molar-refractivity contribution >= 4 is 27.7 Å². The van der Waals surface area contributed by atoms with E-state index in [1.54, 1.807) is 17.0 Å². The van der Waals surface area contributed by atoms with Crippen LogP contribution in [0.3, 0.4) is 0 Å². The van der Waals surface area contributed by atoms with Gasteiger partial charge in [-0.05, 0) is 47.3 Å². The van der Waals surface area contributed by atoms with Gasteiger partial charge in [-0.3, -0.25) is 9.59 Å². The van der Waals surface area contributed by atoms with Crippen LogP contribution in [0.5, 0.6) is 0 Å². The van der Waals surface area contributed by atoms with E-state index in [9.17, 15) is 9.59 Å². The van der Waals surface area contributed by atoms with Crippen molar-refractivity contribution in [2.24, 2.45) is 5.92 Å². The standard InChI is InChI=1S/C14H19BrN2O4/c15-12-3-2-11(21-12)14(20)17-7-4-10(5-8-17)13(19)16-6-1-9-18/h2-3,10,18H,1,4-9H2,(H,16,19). The number of furan rings is 1. The number of rotatable bonds is 5. The lowest BCUT2D eigenvalue weighted by atomic mass is 9.95. The van der Waals surface area contributed by atoms with Crippen molar-refractivity contribution in [2.45, 2.75) is 19.3 Å². The van der Waals surface area contributed by atoms with Gasteiger partial charge in [-0.25, -0.2) is 0 Å². The van der Waals surface area contributed by atoms with E-state index in [4.69, 9.17) is 9.52 Å². The first-order valence-corrected chi connectivity index (χ1v) is 7.84. The fraction of sp³-hybridized carbons (Fsp3) is 0.571. The van der Waals surface area contributed by atoms with Crippen LogP contribution >= 0.6 is 15.9 Å². The second kappa shape index (κ2) is 7.61. The lowest BCUT2D eigenvalue weighted by molar-refractivity contribution is -0.126. The molecule has 0 spiro atoms. The summed E-state index contributed by atoms with van der Waals surface area (Å²) in [6.07, 6.45) is 1.87. The van der Waals surface area contributed by atoms with Crippen molar-refractivity contribution in [3.05, 3.63) is 22.6 Å². The number of nitrogens with zero attached hydrogens (tertiary/aromatic N) is 1. The Morgan fingerprint density at radius 1 is 1.38 bits per heavy atom. The number of carbonyl (C=O) groups excluding carboxylic acids is 2. The van der Waals surface area contributed by atoms with Crippen LogP contribution < -0.4 is 5.32 Å². The fourth-order valence-corrected chi connectivity index (χ4v) is 2.67. The Morgan fingerprint density at radius 2 is 2.10 bits per heavy atom. The Kier molecular flexibility index (Phi) is 5.81. The number of likely N-dealkylation sites (tertiary alicyclic amines) is 1. The molecule has 0 atom stereocenters. The maximum atomic E-state index is 12.2. The van der Waals surface area contributed by atoms with E-state index in [0.717, 1.165) is 0 Å². The molecule has 2 heterocycles. The van der Waals surface area contributed by atoms with Gasteiger partial charge < -0.3 is 19.7 Å². The summed E-state index contributed by atoms with van der Waals surface area (Å²) in [7, 11) is 0. The van der Waals surface area contributed by atoms with Crippen LogP contribution in [0.1, 0.15) is 29.8 Å². The SMILES string of the molecule is O=C(NCCCO)C1CCN(C(=O)c2ccc(Br)o2)CC1. The molecule has 1 aromatic rings. The van der Waals surface area contributed by atoms with Crippen molar-refractivity contribution in [2.75, 3.05) is 26.2 Å². The van der Waals surface area contributed by atoms with E-state index in [2.05, 4.69) is 21.2 Å². The molecule has 2 N–H and O–H groups in total. The normalized spacial score (nSPS) is 16.0. The molecule has 2 rings (SSSR count). The van der Waals surface area contributed by atoms with Gasteiger partial charge in [0.05, 0.1) is 0 Å². The van der Waals surface area contributed by atoms with Gasteiger partial charge in [0, 0.05) is 32.2 Å². The number of amides is 2. The maximum Gasteiger partial charge on any atom is 0.289 e. The Balaban J connectivity index is 1.80. The van der Waals surface area contributed by atoms with Gasteiger partial charge in [-0.2, -0.15) is 0 Å². The third kappa shape index (κ3) is 4.31. The average Bonchev–Trinajstić information content (AvgIpc) is 2.93. The maximum absolute atomic E-state index is 12.2. The Bertz CT molecular complexity index is 495. The molecule has 0 radical (unpaired) electrons. The quantitative estimate of drug-likeness (QED) is 0.779. The summed E-state index contributed by atoms with van der Waals surface area (Å²) in [5, 5.41) is 11.5. The largest absolute Gasteiger partial charge is 0.444 e. The zero-order chi connectivity index (χ0) is 15.2. The third-order valence-corrected chi connectivity index (χ3v) is 4.00. The zero-order valence-electron chi connectivity index (χ0n) is 11.7. The molecule has 1 aliphatic rings. The summed E-state index contributed by atoms with van der Waals surface area (Å²) in [6, 6.07) is 3.33. The number of aliphatic hydroxyl groups is 1. The lowest BCUT2D eigenvalue weighted by Gasteiger charge is -2.30. The van der Waals surface area contributed by atoms with Crippen molar-refractivity contribution < 1.29 is 19.1 Å². The minimum atomic E-state index is -0.139. The predicted octanol–water partition coefficient (Wildman–Crippen LogP) is 1.39. The molecule has 0 aromatic carbocycles. The van der Waals surface area contributed by atoms with Gasteiger partial charge in [0.2, 0.25) is 5.91 Å². The number of nitrogens with one attached hydrogen (secondary N) is 1. The Morgan fingerprint density at radius 3 is 2.67 bits per heavy atom. The second-order valence-electron chi connectivity index (χ2n) is 5.04. The molecule has 1 fully saturated rings. The third-order valence-electron chi connectivity index (χ3n) is 3.57. The Hall–Kier alpha value is -1.34. The van der Waals surface area contributed by atoms with Gasteiger partial charge in [0.15, 0.2) is 10.4 Å². The van der Waals surface area contributed by atoms with Crippen LogP contribution in [0.25, 0.3) is 0 Å². The number of piperidine rings is 1. The molecule has 21 heavy (non-hydrogen) atoms. The van der Waals surface area contributed by atoms with E-state index in [0.29, 0.717) is 49.3 Å². The van der Waals surface area contributed by atoms with Crippen LogP contribution in [0.15, 0.2) is 21.2 Å². The van der Waals surface area contributed by atoms with E-state index in [1.807, 2.05) is 0 Å². The molecule has 0 aliphatic carbocycles. The molecule has 0 bridgehead atoms. The van der Waals surface area contributed by atoms with Gasteiger partial charge in [-0.1, -0.05) is 0 Å². The molecule has 0 saturated carbocycles. The Labute approximate surface area is 131 Å². The summed E-state index contributed by atoms with van der Waals surface area (Å²) < 4.78 is 5.79. The van der Waals surface area contributed by atoms with Crippen molar-refractivity contribution in [3.8, 4) is 0 Å². The highest BCUT2D eigenvalue weighted by Crippen LogP contribution is 2.21. The van der Waals surface area contributed by atoms with Gasteiger partial charge >= 0.3 is 0 Å². The summed E-state index contributed by atoms with van der Waals surface area (Å²) in [4.78, 5) is 25.8. The lowest BCUT2D eigenvalue weighted by Crippen LogP contribution is -2.43. The molecule has 116 valence electrons. The molecule has 1 aliphatic heterocycles. The summed E-state index contributed by atoms with van der Waals surface area (Å²) in [5.41, 5.74) is 0. The number of halogens is 1. The molecule has 2 amide bonds. The van der Waals surface area contributed by atoms with Crippen molar-refractivity contribution in [1.29, 1.82) is 0 Å². The number of aliphatic hydroxyl groups excluding tert-OH is 1. The van der Waals surface area contributed by atoms with Crippen LogP contribution in [0.4, 0.5) is 0 Å². The minimum absolute atomic E-state index is 0.0105. The van der Waals surface area contributed by atoms with Crippen LogP contribution in [0.2, 0.25) is 0 Å². The van der Waals surface area contributed by atoms with Gasteiger partial charge in [0.1, 0.15) is 0 Å². The summed E-state index contributed by atoms with van der Waals surface area (Å²) in [5.74, 6) is 0.125. The summed E-state index contributed by atoms with van der Waals surface area (Å²) >= 11 is 3.17. The molecule has 7 heteroatoms. The predicted molar refractivity (Wildman–Crippen MR) is 79.7 cm³/mol. The number of carbonyl (C=O) groups is 2. The highest BCUT2D eigenvalue weighted by atomic mass is 79.9. The molecule has 0 unspecified atom stereocenters. The van der Waals surface area contributed by atoms with Gasteiger partial charge in [-0.15, -0.1) is 0 Å². The van der Waals surface area contributed by atoms with Crippen molar-refractivity contribution in [1.82, 2.24) is 10.2 Å². The highest BCUT2D eigenvalue weighted by Gasteiger charge is 2.28. The highest BCUT2D eigenvalue weighted by molar-refractivity contribution is 9.10. The first-order chi connectivity index (χ1) is 10.1. The molecular weight excluding hydrogens is 340 g/mol. The minimum Gasteiger partial charge on any atom is -0.444 e. The van der Waals surface area contributed by atoms with E-state index in [-0.39, 0.29) is 24.3 Å². The van der Waals surface area contributed by atoms with E-state index >= 15 is 0 Å². The topological polar surface area (TPSA) is 82.8 Å². The van der Waals surface area contributed by atoms with Crippen LogP contribution in [-0.4, -0.2) is 48.1 Å². The van der Waals surface area contributed by atoms with Crippen LogP contribution in [0, 0.1) is 5.92 Å². The van der Waals surface area contributed by atoms with Gasteiger partial charge in [0.25, 0.3) is 5.91 Å². The monoisotopic (exact) mass is 358 g/mol. The second-order valence-corrected chi connectivity index (χ2v) is 5.82. The number of hydrogen-bond acceptors (Lipinski definition) is 4. The average molecular weight is 359 g/mol. The molecule has 1 saturated heterocycles. The summed E-state index contributed by atoms with van der Waals surface area (Å²) in [6.45, 7) is 1.67. The van der Waals surface area contributed by atoms with E-state index in [1.165, 1.54) is 0 Å². The fourth-order valence-electron chi connectivity index (χ4n) is 2.36. The molecule has 1 aromatic heterocycles. The van der Waals surface area contributed by atoms with E-state index < -0.39 is 0 Å². The van der Waals surface area contributed by atoms with Crippen molar-refractivity contribution in [3.63, 3.8) is 0 Å². The zero-order valence-corrected chi connectivity index (χ0v) is 13.3. The first-order valence-electron chi connectivity index (χ1n) is 7.05. The molecular formula is C14H19BrN2O4.